The van der Waals surface area contributed by atoms with Crippen molar-refractivity contribution in [2.24, 2.45) is 0 Å². The zero-order valence-electron chi connectivity index (χ0n) is 7.76. The zero-order valence-corrected chi connectivity index (χ0v) is 13.3. The molecule has 0 aliphatic rings. The SMILES string of the molecule is Cc1cc(C(Cl)c2cc(Br)sc2Br)cs1. The van der Waals surface area contributed by atoms with E-state index in [9.17, 15) is 0 Å². The van der Waals surface area contributed by atoms with Crippen LogP contribution in [0.15, 0.2) is 25.1 Å². The Hall–Kier alpha value is 0.650. The molecule has 0 aromatic carbocycles. The molecule has 0 spiro atoms. The summed E-state index contributed by atoms with van der Waals surface area (Å²) in [5.74, 6) is 0. The number of halogens is 3. The lowest BCUT2D eigenvalue weighted by Crippen LogP contribution is -1.88. The van der Waals surface area contributed by atoms with Crippen molar-refractivity contribution in [2.75, 3.05) is 0 Å². The van der Waals surface area contributed by atoms with E-state index in [1.54, 1.807) is 22.7 Å². The summed E-state index contributed by atoms with van der Waals surface area (Å²) in [6.07, 6.45) is 0. The number of rotatable bonds is 2. The molecule has 0 aliphatic carbocycles. The van der Waals surface area contributed by atoms with Crippen molar-refractivity contribution in [1.82, 2.24) is 0 Å². The van der Waals surface area contributed by atoms with Crippen LogP contribution in [-0.2, 0) is 0 Å². The first-order valence-corrected chi connectivity index (χ1v) is 7.93. The highest BCUT2D eigenvalue weighted by Gasteiger charge is 2.17. The van der Waals surface area contributed by atoms with Gasteiger partial charge < -0.3 is 0 Å². The summed E-state index contributed by atoms with van der Waals surface area (Å²) >= 11 is 16.8. The van der Waals surface area contributed by atoms with Gasteiger partial charge in [-0.2, -0.15) is 0 Å². The first-order valence-electron chi connectivity index (χ1n) is 4.21. The molecule has 0 amide bonds. The smallest absolute Gasteiger partial charge is 0.0863 e. The van der Waals surface area contributed by atoms with Crippen LogP contribution in [-0.4, -0.2) is 0 Å². The molecule has 1 unspecified atom stereocenters. The van der Waals surface area contributed by atoms with E-state index in [0.717, 1.165) is 13.1 Å². The average Bonchev–Trinajstić information content (AvgIpc) is 2.71. The predicted molar refractivity (Wildman–Crippen MR) is 76.5 cm³/mol. The van der Waals surface area contributed by atoms with Gasteiger partial charge in [-0.25, -0.2) is 0 Å². The molecule has 0 N–H and O–H groups in total. The van der Waals surface area contributed by atoms with Crippen LogP contribution in [0, 0.1) is 6.92 Å². The van der Waals surface area contributed by atoms with E-state index in [0.29, 0.717) is 0 Å². The highest BCUT2D eigenvalue weighted by Crippen LogP contribution is 2.41. The van der Waals surface area contributed by atoms with Crippen molar-refractivity contribution in [3.8, 4) is 0 Å². The Morgan fingerprint density at radius 3 is 2.53 bits per heavy atom. The number of hydrogen-bond donors (Lipinski definition) is 0. The van der Waals surface area contributed by atoms with Crippen LogP contribution in [0.1, 0.15) is 21.4 Å². The second kappa shape index (κ2) is 4.88. The Balaban J connectivity index is 2.35. The van der Waals surface area contributed by atoms with Gasteiger partial charge in [-0.1, -0.05) is 0 Å². The molecule has 0 aliphatic heterocycles. The second-order valence-electron chi connectivity index (χ2n) is 3.13. The molecule has 80 valence electrons. The van der Waals surface area contributed by atoms with Crippen molar-refractivity contribution in [2.45, 2.75) is 12.3 Å². The normalized spacial score (nSPS) is 13.1. The van der Waals surface area contributed by atoms with Crippen molar-refractivity contribution in [1.29, 1.82) is 0 Å². The quantitative estimate of drug-likeness (QED) is 0.558. The van der Waals surface area contributed by atoms with E-state index in [2.05, 4.69) is 56.3 Å². The molecular weight excluding hydrogens is 380 g/mol. The van der Waals surface area contributed by atoms with E-state index in [-0.39, 0.29) is 5.38 Å². The molecule has 0 saturated carbocycles. The maximum absolute atomic E-state index is 6.43. The van der Waals surface area contributed by atoms with Gasteiger partial charge in [0, 0.05) is 10.4 Å². The van der Waals surface area contributed by atoms with Gasteiger partial charge in [0.2, 0.25) is 0 Å². The minimum Gasteiger partial charge on any atom is -0.149 e. The number of alkyl halides is 1. The van der Waals surface area contributed by atoms with Gasteiger partial charge in [0.25, 0.3) is 0 Å². The van der Waals surface area contributed by atoms with Crippen molar-refractivity contribution >= 4 is 66.1 Å². The lowest BCUT2D eigenvalue weighted by atomic mass is 10.1. The van der Waals surface area contributed by atoms with E-state index >= 15 is 0 Å². The molecule has 15 heavy (non-hydrogen) atoms. The minimum atomic E-state index is -0.0631. The van der Waals surface area contributed by atoms with Crippen molar-refractivity contribution in [3.05, 3.63) is 41.1 Å². The Bertz CT molecular complexity index is 475. The minimum absolute atomic E-state index is 0.0631. The third kappa shape index (κ3) is 2.67. The number of aryl methyl sites for hydroxylation is 1. The maximum atomic E-state index is 6.43. The highest BCUT2D eigenvalue weighted by molar-refractivity contribution is 9.12. The summed E-state index contributed by atoms with van der Waals surface area (Å²) in [7, 11) is 0. The molecule has 1 atom stereocenters. The van der Waals surface area contributed by atoms with Gasteiger partial charge >= 0.3 is 0 Å². The van der Waals surface area contributed by atoms with Gasteiger partial charge in [0.15, 0.2) is 0 Å². The van der Waals surface area contributed by atoms with Gasteiger partial charge in [-0.3, -0.25) is 0 Å². The third-order valence-corrected chi connectivity index (χ3v) is 5.75. The largest absolute Gasteiger partial charge is 0.149 e. The van der Waals surface area contributed by atoms with Crippen LogP contribution in [0.5, 0.6) is 0 Å². The molecule has 0 fully saturated rings. The average molecular weight is 387 g/mol. The van der Waals surface area contributed by atoms with Crippen LogP contribution >= 0.6 is 66.1 Å². The van der Waals surface area contributed by atoms with E-state index < -0.39 is 0 Å². The van der Waals surface area contributed by atoms with E-state index in [4.69, 9.17) is 11.6 Å². The Morgan fingerprint density at radius 1 is 1.33 bits per heavy atom. The van der Waals surface area contributed by atoms with Gasteiger partial charge in [-0.15, -0.1) is 34.3 Å². The first kappa shape index (κ1) is 12.1. The summed E-state index contributed by atoms with van der Waals surface area (Å²) in [5, 5.41) is 2.05. The number of hydrogen-bond acceptors (Lipinski definition) is 2. The van der Waals surface area contributed by atoms with Crippen molar-refractivity contribution in [3.63, 3.8) is 0 Å². The molecule has 5 heteroatoms. The van der Waals surface area contributed by atoms with Crippen LogP contribution in [0.25, 0.3) is 0 Å². The van der Waals surface area contributed by atoms with Crippen molar-refractivity contribution < 1.29 is 0 Å². The van der Waals surface area contributed by atoms with Crippen LogP contribution in [0.2, 0.25) is 0 Å². The Morgan fingerprint density at radius 2 is 2.07 bits per heavy atom. The monoisotopic (exact) mass is 384 g/mol. The fourth-order valence-corrected chi connectivity index (χ4v) is 5.50. The fourth-order valence-electron chi connectivity index (χ4n) is 1.30. The lowest BCUT2D eigenvalue weighted by Gasteiger charge is -2.05. The third-order valence-electron chi connectivity index (χ3n) is 2.00. The second-order valence-corrected chi connectivity index (χ2v) is 8.43. The fraction of sp³-hybridized carbons (Fsp3) is 0.200. The zero-order chi connectivity index (χ0) is 11.0. The van der Waals surface area contributed by atoms with Crippen LogP contribution in [0.3, 0.4) is 0 Å². The van der Waals surface area contributed by atoms with Gasteiger partial charge in [0.1, 0.15) is 0 Å². The molecule has 0 saturated heterocycles. The molecule has 2 aromatic rings. The van der Waals surface area contributed by atoms with Gasteiger partial charge in [-0.05, 0) is 61.9 Å². The lowest BCUT2D eigenvalue weighted by molar-refractivity contribution is 1.16. The molecule has 0 radical (unpaired) electrons. The maximum Gasteiger partial charge on any atom is 0.0863 e. The van der Waals surface area contributed by atoms with E-state index in [1.165, 1.54) is 10.4 Å². The summed E-state index contributed by atoms with van der Waals surface area (Å²) < 4.78 is 2.19. The first-order chi connectivity index (χ1) is 7.08. The van der Waals surface area contributed by atoms with Crippen LogP contribution < -0.4 is 0 Å². The molecular formula is C10H7Br2ClS2. The Kier molecular flexibility index (Phi) is 3.94. The summed E-state index contributed by atoms with van der Waals surface area (Å²) in [5.41, 5.74) is 2.30. The van der Waals surface area contributed by atoms with Crippen LogP contribution in [0.4, 0.5) is 0 Å². The number of thiophene rings is 2. The topological polar surface area (TPSA) is 0 Å². The standard InChI is InChI=1S/C10H7Br2ClS2/c1-5-2-6(4-14-5)9(13)7-3-8(11)15-10(7)12/h2-4,9H,1H3. The molecule has 2 aromatic heterocycles. The van der Waals surface area contributed by atoms with E-state index in [1.807, 2.05) is 0 Å². The molecule has 0 nitrogen and oxygen atoms in total. The molecule has 0 bridgehead atoms. The Labute approximate surface area is 119 Å². The summed E-state index contributed by atoms with van der Waals surface area (Å²) in [6.45, 7) is 2.09. The molecule has 2 heterocycles. The van der Waals surface area contributed by atoms with Gasteiger partial charge in [0.05, 0.1) is 12.9 Å². The molecule has 2 rings (SSSR count). The highest BCUT2D eigenvalue weighted by atomic mass is 79.9. The summed E-state index contributed by atoms with van der Waals surface area (Å²) in [4.78, 5) is 1.29. The predicted octanol–water partition coefficient (Wildman–Crippen LogP) is 5.97. The summed E-state index contributed by atoms with van der Waals surface area (Å²) in [6, 6.07) is 4.21.